The maximum Gasteiger partial charge on any atom is 0.152 e. The van der Waals surface area contributed by atoms with Gasteiger partial charge in [-0.05, 0) is 12.1 Å². The van der Waals surface area contributed by atoms with E-state index >= 15 is 0 Å². The van der Waals surface area contributed by atoms with E-state index in [1.165, 1.54) is 4.68 Å². The predicted octanol–water partition coefficient (Wildman–Crippen LogP) is 1.10. The van der Waals surface area contributed by atoms with Gasteiger partial charge in [-0.2, -0.15) is 0 Å². The van der Waals surface area contributed by atoms with E-state index in [0.29, 0.717) is 12.0 Å². The molecule has 0 amide bonds. The highest BCUT2D eigenvalue weighted by Crippen LogP contribution is 2.02. The fraction of sp³-hybridized carbons (Fsp3) is 0.100. The summed E-state index contributed by atoms with van der Waals surface area (Å²) in [5, 5.41) is 16.6. The smallest absolute Gasteiger partial charge is 0.152 e. The third-order valence-corrected chi connectivity index (χ3v) is 1.98. The van der Waals surface area contributed by atoms with Crippen LogP contribution in [-0.2, 0) is 6.54 Å². The second-order valence-electron chi connectivity index (χ2n) is 2.93. The molecule has 0 aliphatic heterocycles. The van der Waals surface area contributed by atoms with Crippen LogP contribution >= 0.6 is 0 Å². The maximum atomic E-state index is 7.86. The van der Waals surface area contributed by atoms with Gasteiger partial charge in [-0.1, -0.05) is 23.4 Å². The Hall–Kier alpha value is -1.97. The first-order chi connectivity index (χ1) is 6.83. The van der Waals surface area contributed by atoms with E-state index in [0.717, 1.165) is 10.9 Å². The third-order valence-electron chi connectivity index (χ3n) is 1.98. The molecule has 1 heterocycles. The first-order valence-electron chi connectivity index (χ1n) is 4.31. The van der Waals surface area contributed by atoms with E-state index in [9.17, 15) is 0 Å². The van der Waals surface area contributed by atoms with Crippen molar-refractivity contribution < 1.29 is 0 Å². The lowest BCUT2D eigenvalue weighted by Gasteiger charge is -2.02. The molecule has 2 aromatic rings. The van der Waals surface area contributed by atoms with Crippen LogP contribution in [0.1, 0.15) is 0 Å². The van der Waals surface area contributed by atoms with Crippen molar-refractivity contribution in [2.75, 3.05) is 0 Å². The van der Waals surface area contributed by atoms with Crippen molar-refractivity contribution >= 4 is 10.9 Å². The number of aromatic nitrogens is 3. The molecule has 4 heteroatoms. The van der Waals surface area contributed by atoms with Crippen LogP contribution in [-0.4, -0.2) is 15.0 Å². The highest BCUT2D eigenvalue weighted by molar-refractivity contribution is 5.75. The fourth-order valence-corrected chi connectivity index (χ4v) is 1.30. The minimum Gasteiger partial charge on any atom is -0.283 e. The molecular weight excluding hydrogens is 176 g/mol. The minimum atomic E-state index is 0.371. The van der Waals surface area contributed by atoms with Gasteiger partial charge in [0.2, 0.25) is 0 Å². The predicted molar refractivity (Wildman–Crippen MR) is 53.6 cm³/mol. The minimum absolute atomic E-state index is 0.371. The van der Waals surface area contributed by atoms with Gasteiger partial charge in [-0.15, -0.1) is 11.7 Å². The van der Waals surface area contributed by atoms with Crippen molar-refractivity contribution in [2.24, 2.45) is 0 Å². The second kappa shape index (κ2) is 3.41. The molecule has 0 atom stereocenters. The number of hydrogen-bond donors (Lipinski definition) is 1. The van der Waals surface area contributed by atoms with E-state index in [1.807, 2.05) is 24.3 Å². The molecule has 0 aliphatic rings. The highest BCUT2D eigenvalue weighted by Gasteiger charge is 1.99. The summed E-state index contributed by atoms with van der Waals surface area (Å²) >= 11 is 0. The summed E-state index contributed by atoms with van der Waals surface area (Å²) < 4.78 is 1.51. The Bertz CT molecular complexity index is 527. The third kappa shape index (κ3) is 1.31. The van der Waals surface area contributed by atoms with Crippen molar-refractivity contribution in [1.82, 2.24) is 15.0 Å². The summed E-state index contributed by atoms with van der Waals surface area (Å²) in [6.45, 7) is 4.12. The summed E-state index contributed by atoms with van der Waals surface area (Å²) in [5.74, 6) is 0. The molecule has 0 unspecified atom stereocenters. The van der Waals surface area contributed by atoms with E-state index in [4.69, 9.17) is 5.41 Å². The van der Waals surface area contributed by atoms with Crippen LogP contribution in [0.3, 0.4) is 0 Å². The van der Waals surface area contributed by atoms with Crippen molar-refractivity contribution in [3.05, 3.63) is 42.4 Å². The summed E-state index contributed by atoms with van der Waals surface area (Å²) in [5.41, 5.74) is 1.12. The molecule has 70 valence electrons. The van der Waals surface area contributed by atoms with Crippen LogP contribution in [0.4, 0.5) is 0 Å². The molecule has 0 radical (unpaired) electrons. The van der Waals surface area contributed by atoms with Crippen LogP contribution in [0.15, 0.2) is 36.9 Å². The topological polar surface area (TPSA) is 54.6 Å². The summed E-state index contributed by atoms with van der Waals surface area (Å²) in [6, 6.07) is 7.49. The normalized spacial score (nSPS) is 10.3. The van der Waals surface area contributed by atoms with E-state index in [1.54, 1.807) is 6.08 Å². The van der Waals surface area contributed by atoms with E-state index in [-0.39, 0.29) is 0 Å². The largest absolute Gasteiger partial charge is 0.283 e. The quantitative estimate of drug-likeness (QED) is 0.714. The standard InChI is InChI=1S/C10H10N4/c1-2-7-14-10(11)8-5-3-4-6-9(8)12-13-14/h2-6,11H,1,7H2. The number of nitrogens with zero attached hydrogens (tertiary/aromatic N) is 3. The molecule has 2 rings (SSSR count). The molecule has 0 saturated carbocycles. The molecule has 4 nitrogen and oxygen atoms in total. The van der Waals surface area contributed by atoms with Crippen LogP contribution in [0.5, 0.6) is 0 Å². The molecule has 0 fully saturated rings. The van der Waals surface area contributed by atoms with Gasteiger partial charge in [0.05, 0.1) is 12.1 Å². The zero-order valence-corrected chi connectivity index (χ0v) is 7.64. The van der Waals surface area contributed by atoms with Crippen LogP contribution in [0.2, 0.25) is 0 Å². The van der Waals surface area contributed by atoms with Gasteiger partial charge in [0.1, 0.15) is 0 Å². The van der Waals surface area contributed by atoms with Crippen LogP contribution in [0, 0.1) is 5.41 Å². The summed E-state index contributed by atoms with van der Waals surface area (Å²) in [4.78, 5) is 0. The molecule has 1 aromatic carbocycles. The lowest BCUT2D eigenvalue weighted by Crippen LogP contribution is -2.23. The molecule has 14 heavy (non-hydrogen) atoms. The zero-order chi connectivity index (χ0) is 9.97. The van der Waals surface area contributed by atoms with Crippen molar-refractivity contribution in [1.29, 1.82) is 5.41 Å². The van der Waals surface area contributed by atoms with Gasteiger partial charge < -0.3 is 0 Å². The number of allylic oxidation sites excluding steroid dienone is 1. The Kier molecular flexibility index (Phi) is 2.10. The zero-order valence-electron chi connectivity index (χ0n) is 7.64. The lowest BCUT2D eigenvalue weighted by atomic mass is 10.2. The van der Waals surface area contributed by atoms with Crippen LogP contribution in [0.25, 0.3) is 10.9 Å². The van der Waals surface area contributed by atoms with Gasteiger partial charge in [-0.25, -0.2) is 4.68 Å². The average molecular weight is 186 g/mol. The van der Waals surface area contributed by atoms with Gasteiger partial charge in [0.25, 0.3) is 0 Å². The first-order valence-corrected chi connectivity index (χ1v) is 4.31. The molecule has 0 saturated heterocycles. The number of hydrogen-bond acceptors (Lipinski definition) is 3. The average Bonchev–Trinajstić information content (AvgIpc) is 2.23. The van der Waals surface area contributed by atoms with Gasteiger partial charge in [0, 0.05) is 5.39 Å². The number of benzene rings is 1. The van der Waals surface area contributed by atoms with E-state index < -0.39 is 0 Å². The molecule has 1 aromatic heterocycles. The Morgan fingerprint density at radius 3 is 3.00 bits per heavy atom. The second-order valence-corrected chi connectivity index (χ2v) is 2.93. The number of fused-ring (bicyclic) bond motifs is 1. The molecule has 0 spiro atoms. The lowest BCUT2D eigenvalue weighted by molar-refractivity contribution is 0.595. The van der Waals surface area contributed by atoms with Gasteiger partial charge in [-0.3, -0.25) is 5.41 Å². The monoisotopic (exact) mass is 186 g/mol. The van der Waals surface area contributed by atoms with Crippen molar-refractivity contribution in [3.8, 4) is 0 Å². The molecule has 1 N–H and O–H groups in total. The number of rotatable bonds is 2. The number of nitrogens with one attached hydrogen (secondary N) is 1. The first kappa shape index (κ1) is 8.62. The van der Waals surface area contributed by atoms with Crippen molar-refractivity contribution in [3.63, 3.8) is 0 Å². The Morgan fingerprint density at radius 1 is 1.43 bits per heavy atom. The fourth-order valence-electron chi connectivity index (χ4n) is 1.30. The SMILES string of the molecule is C=CCn1nnc2ccccc2c1=N. The Labute approximate surface area is 81.0 Å². The molecular formula is C10H10N4. The van der Waals surface area contributed by atoms with Crippen LogP contribution < -0.4 is 5.49 Å². The van der Waals surface area contributed by atoms with Crippen molar-refractivity contribution in [2.45, 2.75) is 6.54 Å². The van der Waals surface area contributed by atoms with Gasteiger partial charge >= 0.3 is 0 Å². The highest BCUT2D eigenvalue weighted by atomic mass is 15.4. The summed E-state index contributed by atoms with van der Waals surface area (Å²) in [7, 11) is 0. The molecule has 0 bridgehead atoms. The Balaban J connectivity index is 2.75. The molecule has 0 aliphatic carbocycles. The maximum absolute atomic E-state index is 7.86. The van der Waals surface area contributed by atoms with E-state index in [2.05, 4.69) is 16.9 Å². The Morgan fingerprint density at radius 2 is 2.21 bits per heavy atom. The van der Waals surface area contributed by atoms with Gasteiger partial charge in [0.15, 0.2) is 5.49 Å². The summed E-state index contributed by atoms with van der Waals surface area (Å²) in [6.07, 6.45) is 1.70.